The lowest BCUT2D eigenvalue weighted by Gasteiger charge is -2.23. The van der Waals surface area contributed by atoms with E-state index in [1.54, 1.807) is 6.08 Å². The molecular formula is C20H20N2O2. The van der Waals surface area contributed by atoms with Gasteiger partial charge in [-0.15, -0.1) is 0 Å². The zero-order chi connectivity index (χ0) is 16.8. The largest absolute Gasteiger partial charge is 0.303 e. The average Bonchev–Trinajstić information content (AvgIpc) is 2.61. The van der Waals surface area contributed by atoms with E-state index in [0.29, 0.717) is 19.3 Å². The Kier molecular flexibility index (Phi) is 5.06. The lowest BCUT2D eigenvalue weighted by molar-refractivity contribution is -0.121. The van der Waals surface area contributed by atoms with E-state index >= 15 is 0 Å². The third-order valence-electron chi connectivity index (χ3n) is 4.09. The summed E-state index contributed by atoms with van der Waals surface area (Å²) in [4.78, 5) is 24.0. The summed E-state index contributed by atoms with van der Waals surface area (Å²) in [7, 11) is 0. The third kappa shape index (κ3) is 4.32. The number of ketones is 1. The van der Waals surface area contributed by atoms with Crippen molar-refractivity contribution < 1.29 is 9.59 Å². The number of nitrogens with one attached hydrogen (secondary N) is 2. The summed E-state index contributed by atoms with van der Waals surface area (Å²) in [6.45, 7) is 0. The normalized spacial score (nSPS) is 17.1. The molecule has 0 aliphatic heterocycles. The molecule has 0 unspecified atom stereocenters. The van der Waals surface area contributed by atoms with Crippen molar-refractivity contribution in [1.29, 1.82) is 0 Å². The van der Waals surface area contributed by atoms with Crippen molar-refractivity contribution >= 4 is 11.7 Å². The second-order valence-electron chi connectivity index (χ2n) is 5.99. The predicted molar refractivity (Wildman–Crippen MR) is 92.9 cm³/mol. The van der Waals surface area contributed by atoms with Crippen LogP contribution >= 0.6 is 0 Å². The van der Waals surface area contributed by atoms with E-state index in [2.05, 4.69) is 10.9 Å². The maximum absolute atomic E-state index is 12.0. The predicted octanol–water partition coefficient (Wildman–Crippen LogP) is 2.88. The van der Waals surface area contributed by atoms with Crippen LogP contribution < -0.4 is 10.9 Å². The van der Waals surface area contributed by atoms with Crippen molar-refractivity contribution in [3.63, 3.8) is 0 Å². The molecule has 2 aromatic rings. The van der Waals surface area contributed by atoms with Gasteiger partial charge in [0.05, 0.1) is 6.42 Å². The first-order chi connectivity index (χ1) is 11.7. The molecule has 4 nitrogen and oxygen atoms in total. The summed E-state index contributed by atoms with van der Waals surface area (Å²) in [5.41, 5.74) is 8.45. The van der Waals surface area contributed by atoms with Gasteiger partial charge in [-0.2, -0.15) is 0 Å². The molecule has 0 spiro atoms. The summed E-state index contributed by atoms with van der Waals surface area (Å²) >= 11 is 0. The van der Waals surface area contributed by atoms with Crippen molar-refractivity contribution in [3.8, 4) is 0 Å². The highest BCUT2D eigenvalue weighted by Crippen LogP contribution is 2.29. The first kappa shape index (κ1) is 16.0. The number of amides is 1. The summed E-state index contributed by atoms with van der Waals surface area (Å²) in [6, 6.07) is 19.5. The number of hydrogen-bond acceptors (Lipinski definition) is 3. The standard InChI is InChI=1S/C20H20N2O2/c23-19-13-17(16-9-5-2-6-10-16)12-18(14-19)21-22-20(24)11-15-7-3-1-4-8-15/h1-10,14,17,21H,11-13H2,(H,22,24)/t17-/m1/s1. The van der Waals surface area contributed by atoms with E-state index in [0.717, 1.165) is 16.8 Å². The molecule has 0 saturated carbocycles. The van der Waals surface area contributed by atoms with Gasteiger partial charge in [0.25, 0.3) is 0 Å². The highest BCUT2D eigenvalue weighted by Gasteiger charge is 2.22. The van der Waals surface area contributed by atoms with E-state index in [1.165, 1.54) is 0 Å². The van der Waals surface area contributed by atoms with Crippen LogP contribution in [0.25, 0.3) is 0 Å². The van der Waals surface area contributed by atoms with Crippen molar-refractivity contribution in [3.05, 3.63) is 83.6 Å². The Morgan fingerprint density at radius 2 is 1.62 bits per heavy atom. The summed E-state index contributed by atoms with van der Waals surface area (Å²) < 4.78 is 0. The van der Waals surface area contributed by atoms with Crippen LogP contribution in [0.5, 0.6) is 0 Å². The maximum Gasteiger partial charge on any atom is 0.242 e. The number of hydrogen-bond donors (Lipinski definition) is 2. The summed E-state index contributed by atoms with van der Waals surface area (Å²) in [5, 5.41) is 0. The van der Waals surface area contributed by atoms with Gasteiger partial charge < -0.3 is 5.43 Å². The Hall–Kier alpha value is -2.88. The molecule has 122 valence electrons. The monoisotopic (exact) mass is 320 g/mol. The zero-order valence-electron chi connectivity index (χ0n) is 13.4. The average molecular weight is 320 g/mol. The molecule has 0 aromatic heterocycles. The molecule has 4 heteroatoms. The molecule has 0 radical (unpaired) electrons. The van der Waals surface area contributed by atoms with Crippen LogP contribution in [0.1, 0.15) is 29.9 Å². The van der Waals surface area contributed by atoms with Gasteiger partial charge in [0.15, 0.2) is 5.78 Å². The minimum absolute atomic E-state index is 0.0786. The SMILES string of the molecule is O=C1C=C(NNC(=O)Cc2ccccc2)C[C@@H](c2ccccc2)C1. The van der Waals surface area contributed by atoms with Crippen LogP contribution in [0.2, 0.25) is 0 Å². The molecule has 1 amide bonds. The maximum atomic E-state index is 12.0. The van der Waals surface area contributed by atoms with Crippen LogP contribution in [-0.4, -0.2) is 11.7 Å². The molecule has 24 heavy (non-hydrogen) atoms. The first-order valence-electron chi connectivity index (χ1n) is 8.08. The van der Waals surface area contributed by atoms with E-state index < -0.39 is 0 Å². The fourth-order valence-corrected chi connectivity index (χ4v) is 2.92. The van der Waals surface area contributed by atoms with Crippen LogP contribution in [0.15, 0.2) is 72.4 Å². The minimum atomic E-state index is -0.128. The van der Waals surface area contributed by atoms with Gasteiger partial charge in [0.1, 0.15) is 0 Å². The molecule has 1 aliphatic rings. The number of hydrazine groups is 1. The van der Waals surface area contributed by atoms with Crippen molar-refractivity contribution in [2.75, 3.05) is 0 Å². The Morgan fingerprint density at radius 1 is 0.958 bits per heavy atom. The lowest BCUT2D eigenvalue weighted by atomic mass is 9.86. The fraction of sp³-hybridized carbons (Fsp3) is 0.200. The molecule has 1 aliphatic carbocycles. The van der Waals surface area contributed by atoms with Crippen LogP contribution in [-0.2, 0) is 16.0 Å². The molecule has 0 saturated heterocycles. The van der Waals surface area contributed by atoms with Crippen molar-refractivity contribution in [2.45, 2.75) is 25.2 Å². The van der Waals surface area contributed by atoms with Gasteiger partial charge in [0, 0.05) is 18.2 Å². The Balaban J connectivity index is 1.56. The molecular weight excluding hydrogens is 300 g/mol. The smallest absolute Gasteiger partial charge is 0.242 e. The molecule has 0 heterocycles. The van der Waals surface area contributed by atoms with Gasteiger partial charge in [0.2, 0.25) is 5.91 Å². The molecule has 1 atom stereocenters. The van der Waals surface area contributed by atoms with Crippen molar-refractivity contribution in [2.24, 2.45) is 0 Å². The molecule has 0 bridgehead atoms. The molecule has 0 fully saturated rings. The first-order valence-corrected chi connectivity index (χ1v) is 8.08. The van der Waals surface area contributed by atoms with E-state index in [9.17, 15) is 9.59 Å². The van der Waals surface area contributed by atoms with Gasteiger partial charge in [-0.1, -0.05) is 60.7 Å². The Bertz CT molecular complexity index is 739. The van der Waals surface area contributed by atoms with Crippen LogP contribution in [0.4, 0.5) is 0 Å². The fourth-order valence-electron chi connectivity index (χ4n) is 2.92. The third-order valence-corrected chi connectivity index (χ3v) is 4.09. The van der Waals surface area contributed by atoms with Crippen LogP contribution in [0, 0.1) is 0 Å². The second kappa shape index (κ2) is 7.59. The number of carbonyl (C=O) groups is 2. The van der Waals surface area contributed by atoms with Gasteiger partial charge >= 0.3 is 0 Å². The minimum Gasteiger partial charge on any atom is -0.303 e. The zero-order valence-corrected chi connectivity index (χ0v) is 13.4. The lowest BCUT2D eigenvalue weighted by Crippen LogP contribution is -2.39. The Labute approximate surface area is 141 Å². The van der Waals surface area contributed by atoms with E-state index in [-0.39, 0.29) is 17.6 Å². The van der Waals surface area contributed by atoms with E-state index in [4.69, 9.17) is 0 Å². The number of carbonyl (C=O) groups excluding carboxylic acids is 2. The Morgan fingerprint density at radius 3 is 2.33 bits per heavy atom. The number of benzene rings is 2. The molecule has 3 rings (SSSR count). The summed E-state index contributed by atoms with van der Waals surface area (Å²) in [5.74, 6) is 0.100. The quantitative estimate of drug-likeness (QED) is 0.833. The summed E-state index contributed by atoms with van der Waals surface area (Å²) in [6.07, 6.45) is 3.11. The number of allylic oxidation sites excluding steroid dienone is 2. The number of rotatable bonds is 5. The molecule has 2 N–H and O–H groups in total. The topological polar surface area (TPSA) is 58.2 Å². The van der Waals surface area contributed by atoms with Gasteiger partial charge in [-0.3, -0.25) is 15.0 Å². The van der Waals surface area contributed by atoms with Crippen molar-refractivity contribution in [1.82, 2.24) is 10.9 Å². The van der Waals surface area contributed by atoms with Gasteiger partial charge in [-0.05, 0) is 23.5 Å². The highest BCUT2D eigenvalue weighted by atomic mass is 16.2. The van der Waals surface area contributed by atoms with Gasteiger partial charge in [-0.25, -0.2) is 0 Å². The van der Waals surface area contributed by atoms with Crippen LogP contribution in [0.3, 0.4) is 0 Å². The van der Waals surface area contributed by atoms with E-state index in [1.807, 2.05) is 60.7 Å². The highest BCUT2D eigenvalue weighted by molar-refractivity contribution is 5.92. The second-order valence-corrected chi connectivity index (χ2v) is 5.99. The molecule has 2 aromatic carbocycles.